The average Bonchev–Trinajstić information content (AvgIpc) is 2.20. The summed E-state index contributed by atoms with van der Waals surface area (Å²) in [5, 5.41) is 9.69. The third-order valence-electron chi connectivity index (χ3n) is 2.67. The zero-order valence-electron chi connectivity index (χ0n) is 11.2. The lowest BCUT2D eigenvalue weighted by molar-refractivity contribution is 0.119. The monoisotopic (exact) mass is 222 g/mol. The molecule has 0 saturated carbocycles. The first kappa shape index (κ1) is 15.2. The van der Waals surface area contributed by atoms with E-state index in [4.69, 9.17) is 0 Å². The van der Waals surface area contributed by atoms with Crippen LogP contribution < -0.4 is 0 Å². The molecule has 0 heterocycles. The molecule has 0 bridgehead atoms. The van der Waals surface area contributed by atoms with E-state index in [1.165, 1.54) is 12.8 Å². The molecule has 0 atom stereocenters. The standard InChI is InChI=1S/C15H26O/c1-5-6-7-8-9-10-11-12-13-14(2)15(3,4)16/h5-6,10-11,13,16H,7-9,12H2,1-4H3. The lowest BCUT2D eigenvalue weighted by Gasteiger charge is -2.17. The maximum absolute atomic E-state index is 9.69. The van der Waals surface area contributed by atoms with Crippen molar-refractivity contribution < 1.29 is 5.11 Å². The van der Waals surface area contributed by atoms with E-state index in [0.29, 0.717) is 0 Å². The molecule has 92 valence electrons. The molecule has 0 aliphatic carbocycles. The summed E-state index contributed by atoms with van der Waals surface area (Å²) in [6, 6.07) is 0. The third-order valence-corrected chi connectivity index (χ3v) is 2.67. The fourth-order valence-corrected chi connectivity index (χ4v) is 1.23. The summed E-state index contributed by atoms with van der Waals surface area (Å²) in [4.78, 5) is 0. The molecule has 1 N–H and O–H groups in total. The number of hydrogen-bond acceptors (Lipinski definition) is 1. The van der Waals surface area contributed by atoms with Crippen LogP contribution in [0.3, 0.4) is 0 Å². The predicted molar refractivity (Wildman–Crippen MR) is 72.5 cm³/mol. The molecule has 0 rings (SSSR count). The van der Waals surface area contributed by atoms with Crippen molar-refractivity contribution in [3.05, 3.63) is 36.0 Å². The number of allylic oxidation sites excluding steroid dienone is 5. The molecule has 0 amide bonds. The van der Waals surface area contributed by atoms with Crippen molar-refractivity contribution >= 4 is 0 Å². The van der Waals surface area contributed by atoms with E-state index in [1.807, 2.05) is 20.8 Å². The topological polar surface area (TPSA) is 20.2 Å². The Labute approximate surface area is 101 Å². The van der Waals surface area contributed by atoms with Gasteiger partial charge in [-0.25, -0.2) is 0 Å². The van der Waals surface area contributed by atoms with Crippen LogP contribution in [0.4, 0.5) is 0 Å². The Bertz CT molecular complexity index is 251. The molecule has 0 spiro atoms. The second-order valence-electron chi connectivity index (χ2n) is 4.65. The summed E-state index contributed by atoms with van der Waals surface area (Å²) in [5.74, 6) is 0. The Balaban J connectivity index is 3.69. The molecule has 1 nitrogen and oxygen atoms in total. The quantitative estimate of drug-likeness (QED) is 0.500. The van der Waals surface area contributed by atoms with Gasteiger partial charge in [0.25, 0.3) is 0 Å². The molecular formula is C15H26O. The minimum atomic E-state index is -0.681. The third kappa shape index (κ3) is 8.49. The van der Waals surface area contributed by atoms with Crippen molar-refractivity contribution in [2.24, 2.45) is 0 Å². The predicted octanol–water partition coefficient (Wildman–Crippen LogP) is 4.40. The van der Waals surface area contributed by atoms with Gasteiger partial charge >= 0.3 is 0 Å². The lowest BCUT2D eigenvalue weighted by atomic mass is 9.99. The van der Waals surface area contributed by atoms with Gasteiger partial charge in [0.05, 0.1) is 5.60 Å². The van der Waals surface area contributed by atoms with Crippen LogP contribution in [0.2, 0.25) is 0 Å². The first-order chi connectivity index (χ1) is 7.48. The summed E-state index contributed by atoms with van der Waals surface area (Å²) in [6.07, 6.45) is 15.2. The summed E-state index contributed by atoms with van der Waals surface area (Å²) in [7, 11) is 0. The molecule has 0 aliphatic heterocycles. The minimum absolute atomic E-state index is 0.681. The highest BCUT2D eigenvalue weighted by atomic mass is 16.3. The Morgan fingerprint density at radius 3 is 2.31 bits per heavy atom. The maximum Gasteiger partial charge on any atom is 0.0798 e. The van der Waals surface area contributed by atoms with Gasteiger partial charge in [-0.05, 0) is 59.0 Å². The van der Waals surface area contributed by atoms with Crippen LogP contribution in [-0.2, 0) is 0 Å². The zero-order valence-corrected chi connectivity index (χ0v) is 11.2. The lowest BCUT2D eigenvalue weighted by Crippen LogP contribution is -2.19. The first-order valence-corrected chi connectivity index (χ1v) is 6.14. The van der Waals surface area contributed by atoms with E-state index in [-0.39, 0.29) is 0 Å². The molecular weight excluding hydrogens is 196 g/mol. The summed E-state index contributed by atoms with van der Waals surface area (Å²) < 4.78 is 0. The number of hydrogen-bond donors (Lipinski definition) is 1. The van der Waals surface area contributed by atoms with Gasteiger partial charge in [0.15, 0.2) is 0 Å². The Morgan fingerprint density at radius 2 is 1.75 bits per heavy atom. The number of rotatable bonds is 7. The van der Waals surface area contributed by atoms with E-state index in [0.717, 1.165) is 18.4 Å². The fraction of sp³-hybridized carbons (Fsp3) is 0.600. The smallest absolute Gasteiger partial charge is 0.0798 e. The highest BCUT2D eigenvalue weighted by Crippen LogP contribution is 2.14. The molecule has 0 fully saturated rings. The largest absolute Gasteiger partial charge is 0.386 e. The van der Waals surface area contributed by atoms with Gasteiger partial charge in [0, 0.05) is 0 Å². The van der Waals surface area contributed by atoms with E-state index in [9.17, 15) is 5.11 Å². The second-order valence-corrected chi connectivity index (χ2v) is 4.65. The Kier molecular flexibility index (Phi) is 7.92. The van der Waals surface area contributed by atoms with E-state index >= 15 is 0 Å². The Morgan fingerprint density at radius 1 is 1.12 bits per heavy atom. The van der Waals surface area contributed by atoms with Crippen molar-refractivity contribution in [1.82, 2.24) is 0 Å². The Hall–Kier alpha value is -0.820. The summed E-state index contributed by atoms with van der Waals surface area (Å²) in [6.45, 7) is 7.67. The van der Waals surface area contributed by atoms with Gasteiger partial charge in [-0.15, -0.1) is 0 Å². The van der Waals surface area contributed by atoms with Crippen molar-refractivity contribution in [2.45, 2.75) is 59.0 Å². The molecule has 0 radical (unpaired) electrons. The first-order valence-electron chi connectivity index (χ1n) is 6.14. The van der Waals surface area contributed by atoms with E-state index in [2.05, 4.69) is 37.3 Å². The van der Waals surface area contributed by atoms with Gasteiger partial charge in [0.2, 0.25) is 0 Å². The van der Waals surface area contributed by atoms with Crippen LogP contribution in [0.1, 0.15) is 53.4 Å². The van der Waals surface area contributed by atoms with Gasteiger partial charge in [-0.2, -0.15) is 0 Å². The van der Waals surface area contributed by atoms with Crippen LogP contribution >= 0.6 is 0 Å². The molecule has 0 aliphatic rings. The second kappa shape index (κ2) is 8.35. The summed E-state index contributed by atoms with van der Waals surface area (Å²) >= 11 is 0. The van der Waals surface area contributed by atoms with Crippen LogP contribution in [-0.4, -0.2) is 10.7 Å². The van der Waals surface area contributed by atoms with Crippen molar-refractivity contribution in [2.75, 3.05) is 0 Å². The van der Waals surface area contributed by atoms with Crippen LogP contribution in [0.5, 0.6) is 0 Å². The molecule has 0 aromatic rings. The molecule has 0 unspecified atom stereocenters. The van der Waals surface area contributed by atoms with Crippen molar-refractivity contribution in [1.29, 1.82) is 0 Å². The number of aliphatic hydroxyl groups is 1. The summed E-state index contributed by atoms with van der Waals surface area (Å²) in [5.41, 5.74) is 0.353. The normalized spacial score (nSPS) is 14.2. The number of unbranched alkanes of at least 4 members (excludes halogenated alkanes) is 2. The molecule has 1 heteroatoms. The zero-order chi connectivity index (χ0) is 12.4. The molecule has 16 heavy (non-hydrogen) atoms. The van der Waals surface area contributed by atoms with E-state index < -0.39 is 5.60 Å². The average molecular weight is 222 g/mol. The molecule has 0 saturated heterocycles. The van der Waals surface area contributed by atoms with E-state index in [1.54, 1.807) is 0 Å². The maximum atomic E-state index is 9.69. The van der Waals surface area contributed by atoms with Gasteiger partial charge in [-0.1, -0.05) is 30.4 Å². The van der Waals surface area contributed by atoms with Crippen LogP contribution in [0.15, 0.2) is 36.0 Å². The van der Waals surface area contributed by atoms with Crippen molar-refractivity contribution in [3.8, 4) is 0 Å². The van der Waals surface area contributed by atoms with Gasteiger partial charge in [-0.3, -0.25) is 0 Å². The molecule has 0 aromatic carbocycles. The van der Waals surface area contributed by atoms with Gasteiger partial charge < -0.3 is 5.11 Å². The van der Waals surface area contributed by atoms with Gasteiger partial charge in [0.1, 0.15) is 0 Å². The van der Waals surface area contributed by atoms with Crippen LogP contribution in [0.25, 0.3) is 0 Å². The highest BCUT2D eigenvalue weighted by Gasteiger charge is 2.13. The SMILES string of the molecule is CC=CCCCC=CCC=C(C)C(C)(C)O. The molecule has 0 aromatic heterocycles. The highest BCUT2D eigenvalue weighted by molar-refractivity contribution is 5.12. The minimum Gasteiger partial charge on any atom is -0.386 e. The van der Waals surface area contributed by atoms with Crippen LogP contribution in [0, 0.1) is 0 Å². The van der Waals surface area contributed by atoms with Crippen molar-refractivity contribution in [3.63, 3.8) is 0 Å². The fourth-order valence-electron chi connectivity index (χ4n) is 1.23.